The largest absolute Gasteiger partial charge is 1.00 e. The van der Waals surface area contributed by atoms with Gasteiger partial charge in [-0.2, -0.15) is 0 Å². The number of imide groups is 1. The maximum atomic E-state index is 13.4. The molecule has 0 atom stereocenters. The number of hydrogen-bond acceptors (Lipinski definition) is 6. The first-order valence-electron chi connectivity index (χ1n) is 10.9. The summed E-state index contributed by atoms with van der Waals surface area (Å²) in [6.07, 6.45) is 4.11. The minimum absolute atomic E-state index is 0. The Morgan fingerprint density at radius 2 is 1.66 bits per heavy atom. The van der Waals surface area contributed by atoms with Crippen molar-refractivity contribution in [2.24, 2.45) is 0 Å². The number of amides is 3. The summed E-state index contributed by atoms with van der Waals surface area (Å²) in [7, 11) is 4.04. The number of rotatable bonds is 6. The molecule has 168 valence electrons. The van der Waals surface area contributed by atoms with Gasteiger partial charge >= 0.3 is 35.6 Å². The molecule has 1 aromatic rings. The molecular weight excluding hydrogens is 421 g/mol. The van der Waals surface area contributed by atoms with E-state index in [1.54, 1.807) is 0 Å². The van der Waals surface area contributed by atoms with E-state index in [0.717, 1.165) is 16.9 Å². The molecule has 2 saturated carbocycles. The van der Waals surface area contributed by atoms with Crippen LogP contribution in [0.3, 0.4) is 0 Å². The van der Waals surface area contributed by atoms with Crippen LogP contribution in [-0.4, -0.2) is 76.0 Å². The number of aliphatic carboxylic acids is 1. The van der Waals surface area contributed by atoms with E-state index in [2.05, 4.69) is 17.0 Å². The molecule has 8 nitrogen and oxygen atoms in total. The van der Waals surface area contributed by atoms with Gasteiger partial charge in [-0.15, -0.1) is 0 Å². The number of carbonyl (C=O) groups excluding carboxylic acids is 3. The van der Waals surface area contributed by atoms with Gasteiger partial charge < -0.3 is 19.9 Å². The van der Waals surface area contributed by atoms with Crippen molar-refractivity contribution in [3.8, 4) is 0 Å². The molecule has 3 aliphatic rings. The molecule has 9 heteroatoms. The minimum Gasteiger partial charge on any atom is -0.548 e. The smallest absolute Gasteiger partial charge is 0.548 e. The summed E-state index contributed by atoms with van der Waals surface area (Å²) in [5.41, 5.74) is -1.25. The molecule has 0 radical (unpaired) electrons. The minimum atomic E-state index is -1.47. The topological polar surface area (TPSA) is 104 Å². The summed E-state index contributed by atoms with van der Waals surface area (Å²) in [6.45, 7) is -0.701. The van der Waals surface area contributed by atoms with Gasteiger partial charge in [-0.1, -0.05) is 30.3 Å². The summed E-state index contributed by atoms with van der Waals surface area (Å²) in [4.78, 5) is 42.2. The van der Waals surface area contributed by atoms with Crippen LogP contribution in [0.5, 0.6) is 0 Å². The van der Waals surface area contributed by atoms with E-state index in [4.69, 9.17) is 0 Å². The molecule has 4 rings (SSSR count). The normalized spacial score (nSPS) is 29.2. The summed E-state index contributed by atoms with van der Waals surface area (Å²) in [5, 5.41) is 22.0. The third-order valence-electron chi connectivity index (χ3n) is 7.72. The zero-order valence-corrected chi connectivity index (χ0v) is 21.2. The Hall–Kier alpha value is -1.45. The molecule has 1 spiro atoms. The van der Waals surface area contributed by atoms with Gasteiger partial charge in [-0.25, -0.2) is 4.79 Å². The van der Waals surface area contributed by atoms with Gasteiger partial charge in [0, 0.05) is 5.54 Å². The Morgan fingerprint density at radius 1 is 1.06 bits per heavy atom. The summed E-state index contributed by atoms with van der Waals surface area (Å²) in [6, 6.07) is 9.49. The van der Waals surface area contributed by atoms with E-state index >= 15 is 0 Å². The van der Waals surface area contributed by atoms with Crippen LogP contribution in [0.1, 0.15) is 50.5 Å². The van der Waals surface area contributed by atoms with Gasteiger partial charge in [0.1, 0.15) is 5.54 Å². The first-order chi connectivity index (χ1) is 14.6. The van der Waals surface area contributed by atoms with Crippen LogP contribution in [0.2, 0.25) is 0 Å². The first-order valence-corrected chi connectivity index (χ1v) is 10.9. The number of β-amino-alcohol motifs (C(OH)–C–C–N with tert-alkyl or cyclic N) is 1. The molecule has 0 aromatic heterocycles. The predicted octanol–water partition coefficient (Wildman–Crippen LogP) is -2.31. The molecule has 1 heterocycles. The number of urea groups is 1. The van der Waals surface area contributed by atoms with Crippen LogP contribution in [0, 0.1) is 0 Å². The fourth-order valence-electron chi connectivity index (χ4n) is 5.61. The van der Waals surface area contributed by atoms with E-state index < -0.39 is 35.6 Å². The SMILES string of the molecule is CN(C)C1(c2ccccc2)CCC2(CC1)C(=O)N(CC(=O)[O-])C(=O)N2CC1(O)CCC1.[Na+]. The van der Waals surface area contributed by atoms with Crippen LogP contribution >= 0.6 is 0 Å². The molecule has 0 bridgehead atoms. The Kier molecular flexibility index (Phi) is 7.13. The van der Waals surface area contributed by atoms with Gasteiger partial charge in [-0.3, -0.25) is 14.6 Å². The van der Waals surface area contributed by atoms with E-state index in [0.29, 0.717) is 38.5 Å². The third-order valence-corrected chi connectivity index (χ3v) is 7.72. The second kappa shape index (κ2) is 9.06. The molecule has 1 aliphatic heterocycles. The zero-order valence-electron chi connectivity index (χ0n) is 19.2. The number of benzene rings is 1. The average Bonchev–Trinajstić information content (AvgIpc) is 2.90. The third kappa shape index (κ3) is 4.01. The second-order valence-electron chi connectivity index (χ2n) is 9.53. The van der Waals surface area contributed by atoms with E-state index in [1.165, 1.54) is 4.90 Å². The van der Waals surface area contributed by atoms with E-state index in [9.17, 15) is 24.6 Å². The number of carboxylic acid groups (broad SMARTS) is 1. The maximum absolute atomic E-state index is 13.4. The van der Waals surface area contributed by atoms with E-state index in [1.807, 2.05) is 32.3 Å². The average molecular weight is 451 g/mol. The molecule has 1 saturated heterocycles. The zero-order chi connectivity index (χ0) is 22.4. The van der Waals surface area contributed by atoms with Crippen molar-refractivity contribution in [2.75, 3.05) is 27.2 Å². The fourth-order valence-corrected chi connectivity index (χ4v) is 5.61. The number of hydrogen-bond donors (Lipinski definition) is 1. The molecular formula is C23H30N3NaO5. The quantitative estimate of drug-likeness (QED) is 0.385. The van der Waals surface area contributed by atoms with Crippen molar-refractivity contribution >= 4 is 17.9 Å². The van der Waals surface area contributed by atoms with Crippen molar-refractivity contribution in [3.63, 3.8) is 0 Å². The fraction of sp³-hybridized carbons (Fsp3) is 0.609. The predicted molar refractivity (Wildman–Crippen MR) is 111 cm³/mol. The number of nitrogens with zero attached hydrogens (tertiary/aromatic N) is 3. The molecule has 32 heavy (non-hydrogen) atoms. The van der Waals surface area contributed by atoms with Crippen molar-refractivity contribution in [3.05, 3.63) is 35.9 Å². The second-order valence-corrected chi connectivity index (χ2v) is 9.53. The van der Waals surface area contributed by atoms with Crippen molar-refractivity contribution in [1.29, 1.82) is 0 Å². The van der Waals surface area contributed by atoms with Crippen molar-refractivity contribution in [2.45, 2.75) is 61.6 Å². The van der Waals surface area contributed by atoms with Crippen molar-refractivity contribution in [1.82, 2.24) is 14.7 Å². The summed E-state index contributed by atoms with van der Waals surface area (Å²) >= 11 is 0. The molecule has 2 aliphatic carbocycles. The van der Waals surface area contributed by atoms with Gasteiger partial charge in [-0.05, 0) is 64.6 Å². The number of carbonyl (C=O) groups is 3. The Labute approximate surface area is 210 Å². The monoisotopic (exact) mass is 451 g/mol. The molecule has 3 amide bonds. The van der Waals surface area contributed by atoms with Gasteiger partial charge in [0.05, 0.1) is 24.7 Å². The van der Waals surface area contributed by atoms with Crippen molar-refractivity contribution < 1.29 is 54.2 Å². The van der Waals surface area contributed by atoms with E-state index in [-0.39, 0.29) is 41.6 Å². The molecule has 3 fully saturated rings. The molecule has 1 N–H and O–H groups in total. The van der Waals surface area contributed by atoms with Crippen LogP contribution in [0.15, 0.2) is 30.3 Å². The number of carboxylic acids is 1. The Balaban J connectivity index is 0.00000289. The summed E-state index contributed by atoms with van der Waals surface area (Å²) < 4.78 is 0. The standard InChI is InChI=1S/C23H31N3O5.Na/c1-24(2)22(17-7-4-3-5-8-17)11-13-23(14-12-22)19(29)25(15-18(27)28)20(30)26(23)16-21(31)9-6-10-21;/h3-5,7-8,31H,6,9-16H2,1-2H3,(H,27,28);/q;+1/p-1. The van der Waals surface area contributed by atoms with Crippen LogP contribution < -0.4 is 34.7 Å². The Morgan fingerprint density at radius 3 is 2.12 bits per heavy atom. The summed E-state index contributed by atoms with van der Waals surface area (Å²) in [5.74, 6) is -1.95. The van der Waals surface area contributed by atoms with Gasteiger partial charge in [0.15, 0.2) is 0 Å². The first kappa shape index (κ1) is 25.2. The van der Waals surface area contributed by atoms with Gasteiger partial charge in [0.2, 0.25) is 0 Å². The van der Waals surface area contributed by atoms with Crippen LogP contribution in [0.25, 0.3) is 0 Å². The number of aliphatic hydroxyl groups is 1. The molecule has 1 aromatic carbocycles. The van der Waals surface area contributed by atoms with Gasteiger partial charge in [0.25, 0.3) is 5.91 Å². The molecule has 0 unspecified atom stereocenters. The van der Waals surface area contributed by atoms with Crippen LogP contribution in [-0.2, 0) is 15.1 Å². The Bertz CT molecular complexity index is 879. The van der Waals surface area contributed by atoms with Crippen LogP contribution in [0.4, 0.5) is 4.79 Å². The maximum Gasteiger partial charge on any atom is 1.00 e.